The fraction of sp³-hybridized carbons (Fsp3) is 1.00. The largest absolute Gasteiger partial charge is 0.318 e. The Balaban J connectivity index is 0.000000561. The number of piperazine rings is 1. The van der Waals surface area contributed by atoms with Crippen LogP contribution in [0.25, 0.3) is 0 Å². The molecule has 1 heterocycles. The summed E-state index contributed by atoms with van der Waals surface area (Å²) in [5.74, 6) is 0. The van der Waals surface area contributed by atoms with Crippen molar-refractivity contribution in [1.82, 2.24) is 15.5 Å². The van der Waals surface area contributed by atoms with E-state index in [0.29, 0.717) is 0 Å². The molecule has 1 aliphatic rings. The van der Waals surface area contributed by atoms with Crippen molar-refractivity contribution in [2.45, 2.75) is 13.8 Å². The van der Waals surface area contributed by atoms with E-state index in [1.807, 2.05) is 20.9 Å². The van der Waals surface area contributed by atoms with Gasteiger partial charge in [0.1, 0.15) is 0 Å². The maximum absolute atomic E-state index is 3.33. The summed E-state index contributed by atoms with van der Waals surface area (Å²) < 4.78 is 0. The molecule has 1 aliphatic heterocycles. The predicted molar refractivity (Wildman–Crippen MR) is 54.6 cm³/mol. The summed E-state index contributed by atoms with van der Waals surface area (Å²) in [4.78, 5) is 2.48. The van der Waals surface area contributed by atoms with Gasteiger partial charge in [-0.15, -0.1) is 0 Å². The average molecular weight is 173 g/mol. The first kappa shape index (κ1) is 11.9. The van der Waals surface area contributed by atoms with E-state index in [1.54, 1.807) is 0 Å². The van der Waals surface area contributed by atoms with Gasteiger partial charge in [0, 0.05) is 39.3 Å². The third-order valence-corrected chi connectivity index (χ3v) is 1.89. The van der Waals surface area contributed by atoms with E-state index in [0.717, 1.165) is 19.6 Å². The fourth-order valence-corrected chi connectivity index (χ4v) is 1.20. The molecule has 0 aliphatic carbocycles. The maximum atomic E-state index is 3.33. The number of hydrogen-bond donors (Lipinski definition) is 2. The minimum absolute atomic E-state index is 1.11. The highest BCUT2D eigenvalue weighted by Gasteiger charge is 2.06. The molecule has 0 aromatic heterocycles. The van der Waals surface area contributed by atoms with Crippen LogP contribution < -0.4 is 10.6 Å². The number of rotatable bonds is 3. The van der Waals surface area contributed by atoms with Crippen molar-refractivity contribution in [1.29, 1.82) is 0 Å². The summed E-state index contributed by atoms with van der Waals surface area (Å²) in [5, 5.41) is 6.48. The van der Waals surface area contributed by atoms with Crippen molar-refractivity contribution in [3.05, 3.63) is 0 Å². The molecule has 0 amide bonds. The molecule has 1 fully saturated rings. The normalized spacial score (nSPS) is 18.2. The van der Waals surface area contributed by atoms with Gasteiger partial charge in [-0.05, 0) is 7.05 Å². The minimum atomic E-state index is 1.11. The van der Waals surface area contributed by atoms with E-state index in [2.05, 4.69) is 15.5 Å². The Morgan fingerprint density at radius 1 is 1.25 bits per heavy atom. The number of hydrogen-bond acceptors (Lipinski definition) is 3. The molecule has 1 saturated heterocycles. The lowest BCUT2D eigenvalue weighted by atomic mass is 10.3. The van der Waals surface area contributed by atoms with Gasteiger partial charge in [-0.1, -0.05) is 13.8 Å². The monoisotopic (exact) mass is 173 g/mol. The van der Waals surface area contributed by atoms with Crippen LogP contribution in [-0.2, 0) is 0 Å². The van der Waals surface area contributed by atoms with Gasteiger partial charge in [0.2, 0.25) is 0 Å². The van der Waals surface area contributed by atoms with Crippen LogP contribution in [-0.4, -0.2) is 51.2 Å². The Bertz CT molecular complexity index is 79.8. The summed E-state index contributed by atoms with van der Waals surface area (Å²) in [6.45, 7) is 11.0. The molecule has 2 N–H and O–H groups in total. The second-order valence-electron chi connectivity index (χ2n) is 2.70. The summed E-state index contributed by atoms with van der Waals surface area (Å²) in [6.07, 6.45) is 0. The highest BCUT2D eigenvalue weighted by atomic mass is 15.2. The van der Waals surface area contributed by atoms with E-state index in [4.69, 9.17) is 0 Å². The van der Waals surface area contributed by atoms with E-state index >= 15 is 0 Å². The van der Waals surface area contributed by atoms with Gasteiger partial charge >= 0.3 is 0 Å². The van der Waals surface area contributed by atoms with E-state index in [9.17, 15) is 0 Å². The first-order valence-corrected chi connectivity index (χ1v) is 5.01. The third kappa shape index (κ3) is 5.52. The second kappa shape index (κ2) is 8.97. The molecular weight excluding hydrogens is 150 g/mol. The lowest BCUT2D eigenvalue weighted by molar-refractivity contribution is 0.243. The quantitative estimate of drug-likeness (QED) is 0.635. The molecule has 0 bridgehead atoms. The first-order chi connectivity index (χ1) is 5.93. The predicted octanol–water partition coefficient (Wildman–Crippen LogP) is 0.137. The van der Waals surface area contributed by atoms with Gasteiger partial charge in [0.25, 0.3) is 0 Å². The van der Waals surface area contributed by atoms with Crippen molar-refractivity contribution >= 4 is 0 Å². The van der Waals surface area contributed by atoms with Crippen LogP contribution in [0.5, 0.6) is 0 Å². The van der Waals surface area contributed by atoms with E-state index in [-0.39, 0.29) is 0 Å². The third-order valence-electron chi connectivity index (χ3n) is 1.89. The molecule has 12 heavy (non-hydrogen) atoms. The van der Waals surface area contributed by atoms with Gasteiger partial charge in [-0.2, -0.15) is 0 Å². The lowest BCUT2D eigenvalue weighted by Gasteiger charge is -2.26. The molecule has 0 aromatic rings. The van der Waals surface area contributed by atoms with Gasteiger partial charge in [0.05, 0.1) is 0 Å². The van der Waals surface area contributed by atoms with Gasteiger partial charge in [-0.25, -0.2) is 0 Å². The van der Waals surface area contributed by atoms with Crippen LogP contribution in [0.15, 0.2) is 0 Å². The molecule has 74 valence electrons. The molecule has 0 unspecified atom stereocenters. The van der Waals surface area contributed by atoms with Crippen LogP contribution in [0.3, 0.4) is 0 Å². The van der Waals surface area contributed by atoms with E-state index < -0.39 is 0 Å². The number of nitrogens with zero attached hydrogens (tertiary/aromatic N) is 1. The zero-order valence-electron chi connectivity index (χ0n) is 8.69. The van der Waals surface area contributed by atoms with Crippen molar-refractivity contribution < 1.29 is 0 Å². The minimum Gasteiger partial charge on any atom is -0.318 e. The van der Waals surface area contributed by atoms with Crippen LogP contribution in [0.2, 0.25) is 0 Å². The average Bonchev–Trinajstić information content (AvgIpc) is 2.19. The Morgan fingerprint density at radius 3 is 2.33 bits per heavy atom. The van der Waals surface area contributed by atoms with Gasteiger partial charge in [0.15, 0.2) is 0 Å². The molecule has 3 nitrogen and oxygen atoms in total. The highest BCUT2D eigenvalue weighted by molar-refractivity contribution is 4.67. The molecular formula is C9H23N3. The zero-order valence-corrected chi connectivity index (χ0v) is 8.69. The van der Waals surface area contributed by atoms with E-state index in [1.165, 1.54) is 19.6 Å². The topological polar surface area (TPSA) is 27.3 Å². The van der Waals surface area contributed by atoms with Crippen molar-refractivity contribution in [3.63, 3.8) is 0 Å². The van der Waals surface area contributed by atoms with Crippen molar-refractivity contribution in [2.75, 3.05) is 46.3 Å². The highest BCUT2D eigenvalue weighted by Crippen LogP contribution is 1.88. The summed E-state index contributed by atoms with van der Waals surface area (Å²) in [5.41, 5.74) is 0. The van der Waals surface area contributed by atoms with Crippen molar-refractivity contribution in [3.8, 4) is 0 Å². The molecule has 3 heteroatoms. The van der Waals surface area contributed by atoms with Crippen molar-refractivity contribution in [2.24, 2.45) is 0 Å². The maximum Gasteiger partial charge on any atom is 0.0108 e. The Kier molecular flexibility index (Phi) is 8.88. The fourth-order valence-electron chi connectivity index (χ4n) is 1.20. The summed E-state index contributed by atoms with van der Waals surface area (Å²) in [6, 6.07) is 0. The summed E-state index contributed by atoms with van der Waals surface area (Å²) in [7, 11) is 2.00. The smallest absolute Gasteiger partial charge is 0.0108 e. The van der Waals surface area contributed by atoms with Gasteiger partial charge in [-0.3, -0.25) is 4.90 Å². The molecule has 0 atom stereocenters. The standard InChI is InChI=1S/C7H17N3.C2H6/c1-8-2-5-10-6-3-9-4-7-10;1-2/h8-9H,2-7H2,1H3;1-2H3. The Hall–Kier alpha value is -0.120. The van der Waals surface area contributed by atoms with Crippen LogP contribution >= 0.6 is 0 Å². The first-order valence-electron chi connectivity index (χ1n) is 5.01. The molecule has 0 saturated carbocycles. The van der Waals surface area contributed by atoms with Crippen LogP contribution in [0.4, 0.5) is 0 Å². The number of likely N-dealkylation sites (N-methyl/N-ethyl adjacent to an activating group) is 1. The number of nitrogens with one attached hydrogen (secondary N) is 2. The summed E-state index contributed by atoms with van der Waals surface area (Å²) >= 11 is 0. The Labute approximate surface area is 76.5 Å². The molecule has 0 radical (unpaired) electrons. The second-order valence-corrected chi connectivity index (χ2v) is 2.70. The molecule has 0 spiro atoms. The van der Waals surface area contributed by atoms with Crippen LogP contribution in [0, 0.1) is 0 Å². The van der Waals surface area contributed by atoms with Crippen LogP contribution in [0.1, 0.15) is 13.8 Å². The Morgan fingerprint density at radius 2 is 1.83 bits per heavy atom. The lowest BCUT2D eigenvalue weighted by Crippen LogP contribution is -2.45. The zero-order chi connectivity index (χ0) is 9.23. The molecule has 1 rings (SSSR count). The molecule has 0 aromatic carbocycles. The van der Waals surface area contributed by atoms with Gasteiger partial charge < -0.3 is 10.6 Å². The SMILES string of the molecule is CC.CNCCN1CCNCC1.